The molecule has 0 radical (unpaired) electrons. The largest absolute Gasteiger partial charge is 0.459 e. The van der Waals surface area contributed by atoms with Crippen LogP contribution in [0.15, 0.2) is 39.9 Å². The van der Waals surface area contributed by atoms with Gasteiger partial charge >= 0.3 is 11.7 Å². The van der Waals surface area contributed by atoms with E-state index in [2.05, 4.69) is 15.5 Å². The number of ether oxygens (including phenoxy) is 1. The molecule has 0 saturated carbocycles. The maximum atomic E-state index is 11.8. The highest BCUT2D eigenvalue weighted by atomic mass is 16.5. The van der Waals surface area contributed by atoms with Gasteiger partial charge in [0.1, 0.15) is 12.6 Å². The Kier molecular flexibility index (Phi) is 4.50. The average Bonchev–Trinajstić information content (AvgIpc) is 2.48. The first-order valence-corrected chi connectivity index (χ1v) is 6.22. The van der Waals surface area contributed by atoms with Gasteiger partial charge in [0.15, 0.2) is 0 Å². The Morgan fingerprint density at radius 2 is 2.05 bits per heavy atom. The first kappa shape index (κ1) is 14.5. The summed E-state index contributed by atoms with van der Waals surface area (Å²) in [7, 11) is 0. The van der Waals surface area contributed by atoms with E-state index in [1.54, 1.807) is 0 Å². The van der Waals surface area contributed by atoms with Crippen molar-refractivity contribution in [1.29, 1.82) is 0 Å². The second kappa shape index (κ2) is 6.51. The number of carbonyl (C=O) groups is 1. The number of nitrogens with one attached hydrogen (secondary N) is 3. The third-order valence-corrected chi connectivity index (χ3v) is 2.64. The second-order valence-corrected chi connectivity index (χ2v) is 4.31. The summed E-state index contributed by atoms with van der Waals surface area (Å²) in [5, 5.41) is 8.16. The molecule has 1 heterocycles. The minimum atomic E-state index is -0.784. The highest BCUT2D eigenvalue weighted by Gasteiger charge is 2.16. The lowest BCUT2D eigenvalue weighted by atomic mass is 10.2. The maximum Gasteiger partial charge on any atom is 0.342 e. The highest BCUT2D eigenvalue weighted by molar-refractivity contribution is 5.78. The van der Waals surface area contributed by atoms with E-state index in [1.165, 1.54) is 6.92 Å². The molecule has 8 nitrogen and oxygen atoms in total. The highest BCUT2D eigenvalue weighted by Crippen LogP contribution is 2.03. The third kappa shape index (κ3) is 4.03. The van der Waals surface area contributed by atoms with Crippen LogP contribution in [-0.2, 0) is 16.1 Å². The van der Waals surface area contributed by atoms with Crippen LogP contribution in [0, 0.1) is 0 Å². The number of hydrogen-bond acceptors (Lipinski definition) is 6. The fourth-order valence-corrected chi connectivity index (χ4v) is 1.56. The van der Waals surface area contributed by atoms with Gasteiger partial charge in [-0.05, 0) is 12.5 Å². The normalized spacial score (nSPS) is 11.7. The fourth-order valence-electron chi connectivity index (χ4n) is 1.56. The zero-order chi connectivity index (χ0) is 15.2. The molecule has 8 heteroatoms. The van der Waals surface area contributed by atoms with Crippen LogP contribution in [0.3, 0.4) is 0 Å². The van der Waals surface area contributed by atoms with E-state index in [-0.39, 0.29) is 12.4 Å². The number of benzene rings is 1. The molecule has 0 aliphatic rings. The molecule has 3 N–H and O–H groups in total. The lowest BCUT2D eigenvalue weighted by Gasteiger charge is -2.12. The molecule has 0 amide bonds. The summed E-state index contributed by atoms with van der Waals surface area (Å²) in [6, 6.07) is 8.43. The van der Waals surface area contributed by atoms with Crippen molar-refractivity contribution in [2.24, 2.45) is 0 Å². The molecule has 1 unspecified atom stereocenters. The van der Waals surface area contributed by atoms with Gasteiger partial charge < -0.3 is 10.1 Å². The molecule has 2 rings (SSSR count). The summed E-state index contributed by atoms with van der Waals surface area (Å²) in [6.07, 6.45) is 0. The Bertz CT molecular complexity index is 723. The number of anilines is 1. The fraction of sp³-hybridized carbons (Fsp3) is 0.231. The quantitative estimate of drug-likeness (QED) is 0.667. The van der Waals surface area contributed by atoms with Crippen molar-refractivity contribution in [2.45, 2.75) is 19.6 Å². The molecule has 0 aliphatic carbocycles. The first-order valence-electron chi connectivity index (χ1n) is 6.22. The first-order chi connectivity index (χ1) is 10.1. The standard InChI is InChI=1S/C13H14N4O4/c1-8(14-10-11(18)15-13(20)17-16-10)12(19)21-7-9-5-3-2-4-6-9/h2-6,8H,7H2,1H3,(H,14,16)(H2,15,17,18,20). The third-order valence-electron chi connectivity index (χ3n) is 2.64. The lowest BCUT2D eigenvalue weighted by molar-refractivity contribution is -0.145. The van der Waals surface area contributed by atoms with Crippen molar-refractivity contribution in [1.82, 2.24) is 15.2 Å². The minimum Gasteiger partial charge on any atom is -0.459 e. The minimum absolute atomic E-state index is 0.140. The molecule has 0 saturated heterocycles. The molecule has 1 atom stereocenters. The topological polar surface area (TPSA) is 117 Å². The zero-order valence-electron chi connectivity index (χ0n) is 11.3. The van der Waals surface area contributed by atoms with Crippen molar-refractivity contribution >= 4 is 11.8 Å². The summed E-state index contributed by atoms with van der Waals surface area (Å²) < 4.78 is 5.11. The summed E-state index contributed by atoms with van der Waals surface area (Å²) in [5.41, 5.74) is -0.565. The van der Waals surface area contributed by atoms with E-state index in [0.29, 0.717) is 0 Å². The maximum absolute atomic E-state index is 11.8. The van der Waals surface area contributed by atoms with E-state index in [0.717, 1.165) is 5.56 Å². The summed E-state index contributed by atoms with van der Waals surface area (Å²) in [6.45, 7) is 1.67. The Morgan fingerprint density at radius 3 is 2.71 bits per heavy atom. The van der Waals surface area contributed by atoms with Crippen LogP contribution in [0.25, 0.3) is 0 Å². The van der Waals surface area contributed by atoms with Crippen LogP contribution in [-0.4, -0.2) is 27.2 Å². The van der Waals surface area contributed by atoms with Crippen molar-refractivity contribution < 1.29 is 9.53 Å². The number of aromatic nitrogens is 3. The molecule has 0 bridgehead atoms. The molecule has 0 fully saturated rings. The number of H-pyrrole nitrogens is 2. The van der Waals surface area contributed by atoms with Crippen LogP contribution >= 0.6 is 0 Å². The number of carbonyl (C=O) groups excluding carboxylic acids is 1. The monoisotopic (exact) mass is 290 g/mol. The Labute approximate surface area is 119 Å². The van der Waals surface area contributed by atoms with Crippen LogP contribution in [0.2, 0.25) is 0 Å². The van der Waals surface area contributed by atoms with Gasteiger partial charge in [-0.15, -0.1) is 5.10 Å². The molecule has 110 valence electrons. The van der Waals surface area contributed by atoms with Gasteiger partial charge in [0.2, 0.25) is 5.82 Å². The molecule has 21 heavy (non-hydrogen) atoms. The van der Waals surface area contributed by atoms with Gasteiger partial charge in [-0.1, -0.05) is 30.3 Å². The van der Waals surface area contributed by atoms with Gasteiger partial charge in [-0.2, -0.15) is 0 Å². The molecule has 0 aliphatic heterocycles. The van der Waals surface area contributed by atoms with Gasteiger partial charge in [0.05, 0.1) is 0 Å². The van der Waals surface area contributed by atoms with Gasteiger partial charge in [0.25, 0.3) is 5.56 Å². The van der Waals surface area contributed by atoms with Crippen LogP contribution in [0.1, 0.15) is 12.5 Å². The Morgan fingerprint density at radius 1 is 1.33 bits per heavy atom. The summed E-state index contributed by atoms with van der Waals surface area (Å²) in [5.74, 6) is -0.690. The molecule has 1 aromatic carbocycles. The van der Waals surface area contributed by atoms with E-state index in [4.69, 9.17) is 4.74 Å². The number of rotatable bonds is 5. The van der Waals surface area contributed by atoms with Crippen molar-refractivity contribution in [3.63, 3.8) is 0 Å². The van der Waals surface area contributed by atoms with E-state index in [1.807, 2.05) is 35.3 Å². The SMILES string of the molecule is CC(Nc1n[nH]c(=O)[nH]c1=O)C(=O)OCc1ccccc1. The second-order valence-electron chi connectivity index (χ2n) is 4.31. The van der Waals surface area contributed by atoms with Gasteiger partial charge in [0, 0.05) is 0 Å². The van der Waals surface area contributed by atoms with Gasteiger partial charge in [-0.3, -0.25) is 9.78 Å². The molecule has 2 aromatic rings. The van der Waals surface area contributed by atoms with E-state index in [9.17, 15) is 14.4 Å². The Balaban J connectivity index is 1.93. The van der Waals surface area contributed by atoms with E-state index >= 15 is 0 Å². The molecule has 1 aromatic heterocycles. The van der Waals surface area contributed by atoms with Crippen molar-refractivity contribution in [2.75, 3.05) is 5.32 Å². The van der Waals surface area contributed by atoms with Crippen LogP contribution < -0.4 is 16.6 Å². The predicted molar refractivity (Wildman–Crippen MR) is 74.8 cm³/mol. The summed E-state index contributed by atoms with van der Waals surface area (Å²) in [4.78, 5) is 36.1. The van der Waals surface area contributed by atoms with Crippen molar-refractivity contribution in [3.8, 4) is 0 Å². The summed E-state index contributed by atoms with van der Waals surface area (Å²) >= 11 is 0. The number of aromatic amines is 2. The number of nitrogens with zero attached hydrogens (tertiary/aromatic N) is 1. The van der Waals surface area contributed by atoms with Crippen LogP contribution in [0.4, 0.5) is 5.82 Å². The van der Waals surface area contributed by atoms with Gasteiger partial charge in [-0.25, -0.2) is 14.7 Å². The number of hydrogen-bond donors (Lipinski definition) is 3. The van der Waals surface area contributed by atoms with Crippen molar-refractivity contribution in [3.05, 3.63) is 56.7 Å². The zero-order valence-corrected chi connectivity index (χ0v) is 11.3. The molecule has 0 spiro atoms. The van der Waals surface area contributed by atoms with E-state index < -0.39 is 23.3 Å². The predicted octanol–water partition coefficient (Wildman–Crippen LogP) is 0.00200. The smallest absolute Gasteiger partial charge is 0.342 e. The Hall–Kier alpha value is -2.90. The molecular weight excluding hydrogens is 276 g/mol. The van der Waals surface area contributed by atoms with Crippen LogP contribution in [0.5, 0.6) is 0 Å². The lowest BCUT2D eigenvalue weighted by Crippen LogP contribution is -2.34. The molecular formula is C13H14N4O4. The average molecular weight is 290 g/mol. The number of esters is 1.